The number of methoxy groups -OCH3 is 1. The summed E-state index contributed by atoms with van der Waals surface area (Å²) in [6.45, 7) is 12.9. The normalized spacial score (nSPS) is 20.3. The van der Waals surface area contributed by atoms with E-state index in [1.54, 1.807) is 0 Å². The van der Waals surface area contributed by atoms with E-state index in [2.05, 4.69) is 46.4 Å². The van der Waals surface area contributed by atoms with Crippen LogP contribution >= 0.6 is 0 Å². The molecule has 0 fully saturated rings. The SMILES string of the molecule is C=C(c1cccc2ccccc12)C1(OC)OC(C(C)C)(C(C)C)c2ccccc2C1=O. The Kier molecular flexibility index (Phi) is 5.36. The van der Waals surface area contributed by atoms with E-state index in [1.807, 2.05) is 54.6 Å². The van der Waals surface area contributed by atoms with Crippen LogP contribution in [-0.4, -0.2) is 18.7 Å². The molecule has 0 aromatic heterocycles. The minimum Gasteiger partial charge on any atom is -0.343 e. The zero-order chi connectivity index (χ0) is 22.4. The van der Waals surface area contributed by atoms with Crippen LogP contribution in [0, 0.1) is 11.8 Å². The summed E-state index contributed by atoms with van der Waals surface area (Å²) in [7, 11) is 1.54. The Bertz CT molecular complexity index is 1140. The fourth-order valence-corrected chi connectivity index (χ4v) is 5.18. The van der Waals surface area contributed by atoms with E-state index in [1.165, 1.54) is 7.11 Å². The van der Waals surface area contributed by atoms with Crippen molar-refractivity contribution in [2.75, 3.05) is 7.11 Å². The van der Waals surface area contributed by atoms with Crippen LogP contribution in [0.4, 0.5) is 0 Å². The lowest BCUT2D eigenvalue weighted by atomic mass is 9.69. The van der Waals surface area contributed by atoms with Gasteiger partial charge in [0.1, 0.15) is 5.60 Å². The minimum absolute atomic E-state index is 0.108. The number of rotatable bonds is 5. The smallest absolute Gasteiger partial charge is 0.261 e. The Balaban J connectivity index is 2.00. The van der Waals surface area contributed by atoms with Gasteiger partial charge in [-0.25, -0.2) is 0 Å². The molecule has 160 valence electrons. The summed E-state index contributed by atoms with van der Waals surface area (Å²) in [6.07, 6.45) is 0. The third-order valence-corrected chi connectivity index (χ3v) is 6.72. The molecule has 0 spiro atoms. The molecule has 0 saturated heterocycles. The summed E-state index contributed by atoms with van der Waals surface area (Å²) in [5.74, 6) is -1.60. The number of hydrogen-bond acceptors (Lipinski definition) is 3. The highest BCUT2D eigenvalue weighted by atomic mass is 16.7. The molecule has 1 unspecified atom stereocenters. The second kappa shape index (κ2) is 7.74. The number of benzene rings is 3. The van der Waals surface area contributed by atoms with Crippen LogP contribution in [0.2, 0.25) is 0 Å². The highest BCUT2D eigenvalue weighted by Crippen LogP contribution is 2.52. The summed E-state index contributed by atoms with van der Waals surface area (Å²) in [5.41, 5.74) is 2.24. The van der Waals surface area contributed by atoms with Crippen LogP contribution in [0.15, 0.2) is 73.3 Å². The van der Waals surface area contributed by atoms with Crippen molar-refractivity contribution in [3.05, 3.63) is 90.0 Å². The second-order valence-electron chi connectivity index (χ2n) is 8.91. The van der Waals surface area contributed by atoms with Gasteiger partial charge in [0.15, 0.2) is 0 Å². The predicted molar refractivity (Wildman–Crippen MR) is 126 cm³/mol. The van der Waals surface area contributed by atoms with Gasteiger partial charge in [-0.3, -0.25) is 4.79 Å². The van der Waals surface area contributed by atoms with E-state index < -0.39 is 11.4 Å². The Morgan fingerprint density at radius 2 is 1.52 bits per heavy atom. The lowest BCUT2D eigenvalue weighted by Crippen LogP contribution is -2.58. The maximum Gasteiger partial charge on any atom is 0.261 e. The molecule has 3 nitrogen and oxygen atoms in total. The maximum absolute atomic E-state index is 13.9. The summed E-state index contributed by atoms with van der Waals surface area (Å²) >= 11 is 0. The summed E-state index contributed by atoms with van der Waals surface area (Å²) in [5, 5.41) is 2.09. The summed E-state index contributed by atoms with van der Waals surface area (Å²) in [6, 6.07) is 21.8. The number of Topliss-reactive ketones (excluding diaryl/α,β-unsaturated/α-hetero) is 1. The lowest BCUT2D eigenvalue weighted by Gasteiger charge is -2.52. The first kappa shape index (κ1) is 21.5. The van der Waals surface area contributed by atoms with Gasteiger partial charge in [0, 0.05) is 18.2 Å². The third kappa shape index (κ3) is 2.99. The Morgan fingerprint density at radius 1 is 0.903 bits per heavy atom. The molecule has 0 bridgehead atoms. The largest absolute Gasteiger partial charge is 0.343 e. The van der Waals surface area contributed by atoms with Crippen LogP contribution in [0.1, 0.15) is 49.2 Å². The molecule has 31 heavy (non-hydrogen) atoms. The number of ether oxygens (including phenoxy) is 2. The van der Waals surface area contributed by atoms with Crippen molar-refractivity contribution in [2.24, 2.45) is 11.8 Å². The molecular formula is C28H30O3. The summed E-state index contributed by atoms with van der Waals surface area (Å²) < 4.78 is 12.9. The van der Waals surface area contributed by atoms with Gasteiger partial charge in [0.2, 0.25) is 5.78 Å². The van der Waals surface area contributed by atoms with Crippen molar-refractivity contribution in [2.45, 2.75) is 39.1 Å². The Morgan fingerprint density at radius 3 is 2.19 bits per heavy atom. The molecule has 3 aromatic carbocycles. The molecule has 3 aromatic rings. The average Bonchev–Trinajstić information content (AvgIpc) is 2.78. The van der Waals surface area contributed by atoms with E-state index in [0.29, 0.717) is 11.1 Å². The van der Waals surface area contributed by atoms with Crippen LogP contribution < -0.4 is 0 Å². The quantitative estimate of drug-likeness (QED) is 0.471. The van der Waals surface area contributed by atoms with Crippen LogP contribution in [0.3, 0.4) is 0 Å². The van der Waals surface area contributed by atoms with Crippen LogP contribution in [-0.2, 0) is 15.1 Å². The Hall–Kier alpha value is -2.75. The molecule has 1 atom stereocenters. The van der Waals surface area contributed by atoms with Gasteiger partial charge < -0.3 is 9.47 Å². The lowest BCUT2D eigenvalue weighted by molar-refractivity contribution is -0.255. The number of carbonyl (C=O) groups is 1. The molecular weight excluding hydrogens is 384 g/mol. The predicted octanol–water partition coefficient (Wildman–Crippen LogP) is 6.62. The van der Waals surface area contributed by atoms with Gasteiger partial charge in [0.25, 0.3) is 5.79 Å². The van der Waals surface area contributed by atoms with E-state index in [9.17, 15) is 4.79 Å². The zero-order valence-corrected chi connectivity index (χ0v) is 18.9. The number of carbonyl (C=O) groups excluding carboxylic acids is 1. The zero-order valence-electron chi connectivity index (χ0n) is 18.9. The van der Waals surface area contributed by atoms with E-state index >= 15 is 0 Å². The monoisotopic (exact) mass is 414 g/mol. The molecule has 0 aliphatic carbocycles. The molecule has 0 saturated carbocycles. The first-order chi connectivity index (χ1) is 14.8. The standard InChI is InChI=1S/C28H30O3/c1-18(2)27(19(3)4)25-17-10-9-15-24(25)26(29)28(30-6,31-27)20(5)22-16-11-13-21-12-7-8-14-23(21)22/h7-19H,5H2,1-4,6H3. The molecule has 0 N–H and O–H groups in total. The molecule has 1 aliphatic rings. The first-order valence-electron chi connectivity index (χ1n) is 10.9. The van der Waals surface area contributed by atoms with Gasteiger partial charge in [-0.05, 0) is 33.7 Å². The van der Waals surface area contributed by atoms with Crippen molar-refractivity contribution < 1.29 is 14.3 Å². The first-order valence-corrected chi connectivity index (χ1v) is 10.9. The molecule has 3 heteroatoms. The third-order valence-electron chi connectivity index (χ3n) is 6.72. The van der Waals surface area contributed by atoms with Crippen molar-refractivity contribution >= 4 is 22.1 Å². The fraction of sp³-hybridized carbons (Fsp3) is 0.321. The highest BCUT2D eigenvalue weighted by Gasteiger charge is 2.58. The van der Waals surface area contributed by atoms with Crippen molar-refractivity contribution in [1.82, 2.24) is 0 Å². The van der Waals surface area contributed by atoms with E-state index in [4.69, 9.17) is 9.47 Å². The fourth-order valence-electron chi connectivity index (χ4n) is 5.18. The summed E-state index contributed by atoms with van der Waals surface area (Å²) in [4.78, 5) is 13.9. The molecule has 0 amide bonds. The number of fused-ring (bicyclic) bond motifs is 2. The molecule has 4 rings (SSSR count). The van der Waals surface area contributed by atoms with Crippen LogP contribution in [0.25, 0.3) is 16.3 Å². The minimum atomic E-state index is -1.60. The molecule has 0 radical (unpaired) electrons. The van der Waals surface area contributed by atoms with E-state index in [-0.39, 0.29) is 17.6 Å². The van der Waals surface area contributed by atoms with Gasteiger partial charge in [-0.1, -0.05) is 101 Å². The van der Waals surface area contributed by atoms with Crippen LogP contribution in [0.5, 0.6) is 0 Å². The Labute approximate surface area is 184 Å². The van der Waals surface area contributed by atoms with Gasteiger partial charge in [-0.2, -0.15) is 0 Å². The number of hydrogen-bond donors (Lipinski definition) is 0. The average molecular weight is 415 g/mol. The topological polar surface area (TPSA) is 35.5 Å². The van der Waals surface area contributed by atoms with Gasteiger partial charge in [0.05, 0.1) is 0 Å². The van der Waals surface area contributed by atoms with Crippen molar-refractivity contribution in [3.8, 4) is 0 Å². The molecule has 1 aliphatic heterocycles. The number of ketones is 1. The molecule has 1 heterocycles. The van der Waals surface area contributed by atoms with Gasteiger partial charge in [-0.15, -0.1) is 0 Å². The highest BCUT2D eigenvalue weighted by molar-refractivity contribution is 6.13. The van der Waals surface area contributed by atoms with Crippen molar-refractivity contribution in [1.29, 1.82) is 0 Å². The van der Waals surface area contributed by atoms with E-state index in [0.717, 1.165) is 21.9 Å². The maximum atomic E-state index is 13.9. The van der Waals surface area contributed by atoms with Crippen molar-refractivity contribution in [3.63, 3.8) is 0 Å². The van der Waals surface area contributed by atoms with Gasteiger partial charge >= 0.3 is 0 Å². The second-order valence-corrected chi connectivity index (χ2v) is 8.91.